The first-order valence-electron chi connectivity index (χ1n) is 17.7. The van der Waals surface area contributed by atoms with Crippen LogP contribution in [0, 0.1) is 0 Å². The molecule has 0 spiro atoms. The van der Waals surface area contributed by atoms with Crippen LogP contribution in [0.15, 0.2) is 0 Å². The van der Waals surface area contributed by atoms with Crippen LogP contribution < -0.4 is 0 Å². The Morgan fingerprint density at radius 1 is 0.370 bits per heavy atom. The van der Waals surface area contributed by atoms with Crippen molar-refractivity contribution in [1.82, 2.24) is 0 Å². The number of alkyl halides is 1. The van der Waals surface area contributed by atoms with E-state index in [2.05, 4.69) is 6.92 Å². The molecular formula is C34H67ClO11. The molecule has 0 aliphatic rings. The number of carbonyl (C=O) groups excluding carboxylic acids is 1. The number of rotatable bonds is 41. The van der Waals surface area contributed by atoms with Crippen molar-refractivity contribution >= 4 is 17.6 Å². The van der Waals surface area contributed by atoms with E-state index in [0.29, 0.717) is 119 Å². The summed E-state index contributed by atoms with van der Waals surface area (Å²) in [5, 5.41) is 0. The van der Waals surface area contributed by atoms with E-state index in [1.165, 1.54) is 44.9 Å². The van der Waals surface area contributed by atoms with Gasteiger partial charge >= 0.3 is 5.97 Å². The highest BCUT2D eigenvalue weighted by atomic mass is 35.5. The van der Waals surface area contributed by atoms with Gasteiger partial charge in [0, 0.05) is 18.9 Å². The summed E-state index contributed by atoms with van der Waals surface area (Å²) in [6, 6.07) is 0. The van der Waals surface area contributed by atoms with Gasteiger partial charge in [-0.2, -0.15) is 0 Å². The van der Waals surface area contributed by atoms with Crippen molar-refractivity contribution in [2.24, 2.45) is 0 Å². The topological polar surface area (TPSA) is 109 Å². The smallest absolute Gasteiger partial charge is 0.305 e. The Bertz CT molecular complexity index is 575. The minimum atomic E-state index is -0.138. The van der Waals surface area contributed by atoms with E-state index in [9.17, 15) is 4.79 Å². The standard InChI is InChI=1S/C34H67ClO11/c1-2-3-4-5-6-7-10-13-34(36)46-33-32-45-31-30-44-29-28-43-27-26-42-25-24-41-23-22-40-21-20-39-19-18-38-17-16-37-15-12-9-8-11-14-35/h2-33H2,1H3. The largest absolute Gasteiger partial charge is 0.463 e. The van der Waals surface area contributed by atoms with E-state index in [0.717, 1.165) is 38.2 Å². The van der Waals surface area contributed by atoms with E-state index in [1.54, 1.807) is 0 Å². The second kappa shape index (κ2) is 42.4. The van der Waals surface area contributed by atoms with Crippen molar-refractivity contribution in [2.75, 3.05) is 131 Å². The summed E-state index contributed by atoms with van der Waals surface area (Å²) in [7, 11) is 0. The molecular weight excluding hydrogens is 620 g/mol. The number of unbranched alkanes of at least 4 members (excludes halogenated alkanes) is 9. The van der Waals surface area contributed by atoms with Gasteiger partial charge < -0.3 is 47.4 Å². The molecule has 0 saturated carbocycles. The third-order valence-electron chi connectivity index (χ3n) is 6.62. The molecule has 12 heteroatoms. The number of carbonyl (C=O) groups is 1. The second-order valence-electron chi connectivity index (χ2n) is 10.7. The van der Waals surface area contributed by atoms with Gasteiger partial charge in [-0.05, 0) is 19.3 Å². The van der Waals surface area contributed by atoms with Crippen LogP contribution in [0.5, 0.6) is 0 Å². The molecule has 0 aliphatic heterocycles. The molecule has 0 heterocycles. The lowest BCUT2D eigenvalue weighted by Gasteiger charge is -2.09. The summed E-state index contributed by atoms with van der Waals surface area (Å²) in [5.41, 5.74) is 0. The molecule has 0 amide bonds. The molecule has 0 unspecified atom stereocenters. The van der Waals surface area contributed by atoms with Gasteiger partial charge in [0.25, 0.3) is 0 Å². The molecule has 276 valence electrons. The predicted octanol–water partition coefficient (Wildman–Crippen LogP) is 5.62. The molecule has 0 fully saturated rings. The second-order valence-corrected chi connectivity index (χ2v) is 11.1. The minimum absolute atomic E-state index is 0.138. The molecule has 0 bridgehead atoms. The van der Waals surface area contributed by atoms with Crippen LogP contribution in [-0.2, 0) is 52.2 Å². The molecule has 0 aromatic rings. The van der Waals surface area contributed by atoms with E-state index < -0.39 is 0 Å². The van der Waals surface area contributed by atoms with Crippen molar-refractivity contribution in [1.29, 1.82) is 0 Å². The van der Waals surface area contributed by atoms with Gasteiger partial charge in [-0.15, -0.1) is 11.6 Å². The van der Waals surface area contributed by atoms with Crippen molar-refractivity contribution in [3.8, 4) is 0 Å². The number of ether oxygens (including phenoxy) is 10. The minimum Gasteiger partial charge on any atom is -0.463 e. The molecule has 0 N–H and O–H groups in total. The van der Waals surface area contributed by atoms with Crippen LogP contribution in [0.25, 0.3) is 0 Å². The SMILES string of the molecule is CCCCCCCCCC(=O)OCCOCCOCCOCCOCCOCCOCCOCCOCCOCCCCCCCl. The fourth-order valence-corrected chi connectivity index (χ4v) is 4.22. The fraction of sp³-hybridized carbons (Fsp3) is 0.971. The zero-order valence-electron chi connectivity index (χ0n) is 29.0. The molecule has 0 aliphatic carbocycles. The Labute approximate surface area is 284 Å². The molecule has 0 aromatic heterocycles. The normalized spacial score (nSPS) is 11.4. The Kier molecular flexibility index (Phi) is 41.9. The Balaban J connectivity index is 3.09. The maximum atomic E-state index is 11.7. The molecule has 0 aromatic carbocycles. The number of esters is 1. The molecule has 0 atom stereocenters. The summed E-state index contributed by atoms with van der Waals surface area (Å²) in [5.74, 6) is 0.605. The lowest BCUT2D eigenvalue weighted by Crippen LogP contribution is -2.15. The highest BCUT2D eigenvalue weighted by molar-refractivity contribution is 6.17. The van der Waals surface area contributed by atoms with Gasteiger partial charge in [0.1, 0.15) is 6.61 Å². The third-order valence-corrected chi connectivity index (χ3v) is 6.89. The zero-order valence-corrected chi connectivity index (χ0v) is 29.8. The van der Waals surface area contributed by atoms with Crippen LogP contribution >= 0.6 is 11.6 Å². The number of hydrogen-bond acceptors (Lipinski definition) is 11. The summed E-state index contributed by atoms with van der Waals surface area (Å²) >= 11 is 5.65. The van der Waals surface area contributed by atoms with Gasteiger partial charge in [0.05, 0.1) is 112 Å². The average molecular weight is 687 g/mol. The average Bonchev–Trinajstić information content (AvgIpc) is 3.06. The van der Waals surface area contributed by atoms with Crippen molar-refractivity contribution in [3.05, 3.63) is 0 Å². The van der Waals surface area contributed by atoms with Crippen molar-refractivity contribution in [2.45, 2.75) is 84.0 Å². The zero-order chi connectivity index (χ0) is 33.3. The number of hydrogen-bond donors (Lipinski definition) is 0. The summed E-state index contributed by atoms with van der Waals surface area (Å²) in [4.78, 5) is 11.7. The van der Waals surface area contributed by atoms with Crippen molar-refractivity contribution < 1.29 is 52.2 Å². The Morgan fingerprint density at radius 2 is 0.674 bits per heavy atom. The third kappa shape index (κ3) is 41.4. The highest BCUT2D eigenvalue weighted by Crippen LogP contribution is 2.08. The van der Waals surface area contributed by atoms with Gasteiger partial charge in [-0.25, -0.2) is 0 Å². The molecule has 11 nitrogen and oxygen atoms in total. The van der Waals surface area contributed by atoms with Gasteiger partial charge in [-0.3, -0.25) is 4.79 Å². The monoisotopic (exact) mass is 686 g/mol. The van der Waals surface area contributed by atoms with Crippen LogP contribution in [0.4, 0.5) is 0 Å². The lowest BCUT2D eigenvalue weighted by molar-refractivity contribution is -0.145. The van der Waals surface area contributed by atoms with Crippen molar-refractivity contribution in [3.63, 3.8) is 0 Å². The van der Waals surface area contributed by atoms with Crippen LogP contribution in [0.3, 0.4) is 0 Å². The van der Waals surface area contributed by atoms with Gasteiger partial charge in [0.2, 0.25) is 0 Å². The lowest BCUT2D eigenvalue weighted by atomic mass is 10.1. The maximum absolute atomic E-state index is 11.7. The molecule has 0 rings (SSSR count). The fourth-order valence-electron chi connectivity index (χ4n) is 4.03. The predicted molar refractivity (Wildman–Crippen MR) is 180 cm³/mol. The van der Waals surface area contributed by atoms with E-state index in [4.69, 9.17) is 59.0 Å². The Hall–Kier alpha value is -0.600. The van der Waals surface area contributed by atoms with Gasteiger partial charge in [-0.1, -0.05) is 58.3 Å². The van der Waals surface area contributed by atoms with Crippen LogP contribution in [0.1, 0.15) is 84.0 Å². The highest BCUT2D eigenvalue weighted by Gasteiger charge is 2.03. The quantitative estimate of drug-likeness (QED) is 0.0454. The van der Waals surface area contributed by atoms with E-state index >= 15 is 0 Å². The first-order valence-corrected chi connectivity index (χ1v) is 18.3. The first-order chi connectivity index (χ1) is 22.8. The maximum Gasteiger partial charge on any atom is 0.305 e. The summed E-state index contributed by atoms with van der Waals surface area (Å²) in [6.45, 7) is 12.0. The summed E-state index contributed by atoms with van der Waals surface area (Å²) < 4.78 is 54.5. The van der Waals surface area contributed by atoms with E-state index in [1.807, 2.05) is 0 Å². The number of halogens is 1. The summed E-state index contributed by atoms with van der Waals surface area (Å²) in [6.07, 6.45) is 13.3. The molecule has 0 saturated heterocycles. The first kappa shape index (κ1) is 45.4. The van der Waals surface area contributed by atoms with E-state index in [-0.39, 0.29) is 12.6 Å². The van der Waals surface area contributed by atoms with Crippen LogP contribution in [0.2, 0.25) is 0 Å². The molecule has 46 heavy (non-hydrogen) atoms. The molecule has 0 radical (unpaired) electrons. The van der Waals surface area contributed by atoms with Gasteiger partial charge in [0.15, 0.2) is 0 Å². The Morgan fingerprint density at radius 3 is 1.07 bits per heavy atom. The van der Waals surface area contributed by atoms with Crippen LogP contribution in [-0.4, -0.2) is 137 Å².